The average molecular weight is 520 g/mol. The van der Waals surface area contributed by atoms with Crippen molar-refractivity contribution >= 4 is 5.91 Å². The van der Waals surface area contributed by atoms with Crippen LogP contribution in [0.1, 0.15) is 118 Å². The Bertz CT molecular complexity index is 894. The number of benzene rings is 2. The lowest BCUT2D eigenvalue weighted by Gasteiger charge is -2.25. The molecule has 206 valence electrons. The second-order valence-electron chi connectivity index (χ2n) is 10.2. The number of carbonyl (C=O) groups is 1. The molecule has 0 fully saturated rings. The van der Waals surface area contributed by atoms with Crippen molar-refractivity contribution < 1.29 is 22.9 Å². The van der Waals surface area contributed by atoms with Gasteiger partial charge < -0.3 is 10.2 Å². The fraction of sp³-hybridized carbons (Fsp3) is 0.581. The van der Waals surface area contributed by atoms with Gasteiger partial charge in [-0.1, -0.05) is 89.0 Å². The number of amides is 1. The highest BCUT2D eigenvalue weighted by molar-refractivity contribution is 5.94. The molecule has 0 saturated heterocycles. The molecule has 2 aromatic carbocycles. The predicted molar refractivity (Wildman–Crippen MR) is 146 cm³/mol. The molecular formula is C31H46F3N2O+. The number of nitrogens with one attached hydrogen (secondary N) is 2. The van der Waals surface area contributed by atoms with Gasteiger partial charge in [-0.05, 0) is 44.5 Å². The molecule has 2 unspecified atom stereocenters. The summed E-state index contributed by atoms with van der Waals surface area (Å²) in [5.41, 5.74) is 2.02. The summed E-state index contributed by atoms with van der Waals surface area (Å²) >= 11 is 0. The molecule has 0 radical (unpaired) electrons. The maximum Gasteiger partial charge on any atom is 0.416 e. The third-order valence-corrected chi connectivity index (χ3v) is 7.27. The van der Waals surface area contributed by atoms with Crippen LogP contribution in [-0.4, -0.2) is 19.0 Å². The number of rotatable bonds is 17. The molecule has 2 N–H and O–H groups in total. The molecule has 0 aliphatic rings. The molecule has 2 rings (SSSR count). The summed E-state index contributed by atoms with van der Waals surface area (Å²) in [7, 11) is 0. The van der Waals surface area contributed by atoms with Gasteiger partial charge in [-0.15, -0.1) is 0 Å². The highest BCUT2D eigenvalue weighted by Crippen LogP contribution is 2.29. The Kier molecular flexibility index (Phi) is 13.8. The van der Waals surface area contributed by atoms with Crippen LogP contribution in [0.15, 0.2) is 48.5 Å². The van der Waals surface area contributed by atoms with E-state index in [-0.39, 0.29) is 11.9 Å². The van der Waals surface area contributed by atoms with Crippen molar-refractivity contribution in [3.05, 3.63) is 70.8 Å². The first-order chi connectivity index (χ1) is 17.8. The van der Waals surface area contributed by atoms with Crippen molar-refractivity contribution in [2.75, 3.05) is 13.1 Å². The molecule has 1 amide bonds. The number of halogens is 3. The topological polar surface area (TPSA) is 33.5 Å². The highest BCUT2D eigenvalue weighted by Gasteiger charge is 2.30. The van der Waals surface area contributed by atoms with Crippen LogP contribution in [0.5, 0.6) is 0 Å². The van der Waals surface area contributed by atoms with Crippen molar-refractivity contribution in [2.24, 2.45) is 0 Å². The lowest BCUT2D eigenvalue weighted by atomic mass is 10.0. The van der Waals surface area contributed by atoms with Crippen LogP contribution in [0, 0.1) is 0 Å². The average Bonchev–Trinajstić information content (AvgIpc) is 2.89. The summed E-state index contributed by atoms with van der Waals surface area (Å²) in [6.45, 7) is 8.61. The Morgan fingerprint density at radius 2 is 1.35 bits per heavy atom. The van der Waals surface area contributed by atoms with E-state index in [4.69, 9.17) is 0 Å². The second-order valence-corrected chi connectivity index (χ2v) is 10.2. The molecule has 0 aliphatic heterocycles. The standard InChI is InChI=1S/C31H45F3N2O/c1-4-6-7-8-9-10-11-12-13-14-23-35-30(37)28-19-17-27(18-20-28)25(3)36(5-2)24-26-15-21-29(22-16-26)31(32,33)34/h15-22,25H,4-14,23-24H2,1-3H3,(H,35,37)/p+1. The SMILES string of the molecule is CCCCCCCCCCCCNC(=O)c1ccc(C(C)[NH+](CC)Cc2ccc(C(F)(F)F)cc2)cc1. The number of hydrogen-bond donors (Lipinski definition) is 2. The van der Waals surface area contributed by atoms with Crippen LogP contribution >= 0.6 is 0 Å². The molecule has 2 atom stereocenters. The van der Waals surface area contributed by atoms with E-state index in [1.807, 2.05) is 24.3 Å². The van der Waals surface area contributed by atoms with Gasteiger partial charge >= 0.3 is 6.18 Å². The molecule has 6 heteroatoms. The normalized spacial score (nSPS) is 13.4. The summed E-state index contributed by atoms with van der Waals surface area (Å²) in [4.78, 5) is 13.8. The van der Waals surface area contributed by atoms with Crippen molar-refractivity contribution in [3.63, 3.8) is 0 Å². The number of quaternary nitrogens is 1. The third-order valence-electron chi connectivity index (χ3n) is 7.27. The fourth-order valence-electron chi connectivity index (χ4n) is 4.73. The monoisotopic (exact) mass is 519 g/mol. The van der Waals surface area contributed by atoms with Crippen LogP contribution in [0.3, 0.4) is 0 Å². The zero-order valence-corrected chi connectivity index (χ0v) is 22.9. The summed E-state index contributed by atoms with van der Waals surface area (Å²) in [6, 6.07) is 13.3. The first-order valence-electron chi connectivity index (χ1n) is 14.1. The maximum absolute atomic E-state index is 12.8. The van der Waals surface area contributed by atoms with Gasteiger partial charge in [0.1, 0.15) is 12.6 Å². The van der Waals surface area contributed by atoms with Crippen LogP contribution in [0.2, 0.25) is 0 Å². The number of alkyl halides is 3. The fourth-order valence-corrected chi connectivity index (χ4v) is 4.73. The second kappa shape index (κ2) is 16.5. The van der Waals surface area contributed by atoms with E-state index in [1.165, 1.54) is 56.3 Å². The van der Waals surface area contributed by atoms with Crippen LogP contribution in [-0.2, 0) is 12.7 Å². The molecule has 0 aromatic heterocycles. The quantitative estimate of drug-likeness (QED) is 0.208. The van der Waals surface area contributed by atoms with Gasteiger partial charge in [0, 0.05) is 23.2 Å². The van der Waals surface area contributed by atoms with E-state index in [2.05, 4.69) is 26.1 Å². The predicted octanol–water partition coefficient (Wildman–Crippen LogP) is 7.52. The molecule has 0 heterocycles. The smallest absolute Gasteiger partial charge is 0.352 e. The Morgan fingerprint density at radius 3 is 1.86 bits per heavy atom. The van der Waals surface area contributed by atoms with Gasteiger partial charge in [0.25, 0.3) is 5.91 Å². The molecule has 0 aliphatic carbocycles. The number of carbonyl (C=O) groups excluding carboxylic acids is 1. The van der Waals surface area contributed by atoms with Gasteiger partial charge in [0.2, 0.25) is 0 Å². The van der Waals surface area contributed by atoms with E-state index in [0.29, 0.717) is 18.7 Å². The van der Waals surface area contributed by atoms with Crippen LogP contribution in [0.4, 0.5) is 13.2 Å². The Labute approximate surface area is 221 Å². The first kappa shape index (κ1) is 30.9. The van der Waals surface area contributed by atoms with E-state index in [9.17, 15) is 18.0 Å². The Morgan fingerprint density at radius 1 is 0.811 bits per heavy atom. The van der Waals surface area contributed by atoms with E-state index in [1.54, 1.807) is 12.1 Å². The number of hydrogen-bond acceptors (Lipinski definition) is 1. The summed E-state index contributed by atoms with van der Waals surface area (Å²) in [6.07, 6.45) is 8.41. The Balaban J connectivity index is 1.73. The third kappa shape index (κ3) is 11.3. The van der Waals surface area contributed by atoms with E-state index >= 15 is 0 Å². The van der Waals surface area contributed by atoms with Gasteiger partial charge in [-0.2, -0.15) is 13.2 Å². The Hall–Kier alpha value is -2.34. The summed E-state index contributed by atoms with van der Waals surface area (Å²) < 4.78 is 38.5. The minimum Gasteiger partial charge on any atom is -0.352 e. The number of unbranched alkanes of at least 4 members (excludes halogenated alkanes) is 9. The van der Waals surface area contributed by atoms with Gasteiger partial charge in [-0.3, -0.25) is 4.79 Å². The van der Waals surface area contributed by atoms with Crippen molar-refractivity contribution in [1.82, 2.24) is 5.32 Å². The molecule has 37 heavy (non-hydrogen) atoms. The molecule has 3 nitrogen and oxygen atoms in total. The van der Waals surface area contributed by atoms with Gasteiger partial charge in [-0.25, -0.2) is 0 Å². The highest BCUT2D eigenvalue weighted by atomic mass is 19.4. The zero-order valence-electron chi connectivity index (χ0n) is 22.9. The van der Waals surface area contributed by atoms with Gasteiger partial charge in [0.05, 0.1) is 12.1 Å². The maximum atomic E-state index is 12.8. The first-order valence-corrected chi connectivity index (χ1v) is 14.1. The lowest BCUT2D eigenvalue weighted by Crippen LogP contribution is -3.10. The molecule has 0 bridgehead atoms. The molecule has 0 saturated carbocycles. The van der Waals surface area contributed by atoms with Crippen LogP contribution in [0.25, 0.3) is 0 Å². The molecule has 2 aromatic rings. The lowest BCUT2D eigenvalue weighted by molar-refractivity contribution is -0.941. The van der Waals surface area contributed by atoms with Crippen molar-refractivity contribution in [2.45, 2.75) is 104 Å². The van der Waals surface area contributed by atoms with Crippen molar-refractivity contribution in [1.29, 1.82) is 0 Å². The molecular weight excluding hydrogens is 473 g/mol. The van der Waals surface area contributed by atoms with Crippen LogP contribution < -0.4 is 10.2 Å². The largest absolute Gasteiger partial charge is 0.416 e. The zero-order chi connectivity index (χ0) is 27.1. The van der Waals surface area contributed by atoms with E-state index in [0.717, 1.165) is 42.6 Å². The summed E-state index contributed by atoms with van der Waals surface area (Å²) in [5.74, 6) is -0.0421. The summed E-state index contributed by atoms with van der Waals surface area (Å²) in [5, 5.41) is 3.03. The van der Waals surface area contributed by atoms with Gasteiger partial charge in [0.15, 0.2) is 0 Å². The molecule has 0 spiro atoms. The minimum atomic E-state index is -4.32. The van der Waals surface area contributed by atoms with E-state index < -0.39 is 11.7 Å². The minimum absolute atomic E-state index is 0.0421. The van der Waals surface area contributed by atoms with Crippen molar-refractivity contribution in [3.8, 4) is 0 Å².